The minimum atomic E-state index is -0.481. The molecule has 1 heterocycles. The summed E-state index contributed by atoms with van der Waals surface area (Å²) in [5, 5.41) is 0.910. The summed E-state index contributed by atoms with van der Waals surface area (Å²) in [4.78, 5) is 15.7. The van der Waals surface area contributed by atoms with Crippen LogP contribution in [0.25, 0.3) is 10.9 Å². The van der Waals surface area contributed by atoms with Crippen molar-refractivity contribution in [2.75, 3.05) is 12.3 Å². The second kappa shape index (κ2) is 4.18. The Labute approximate surface area is 93.0 Å². The summed E-state index contributed by atoms with van der Waals surface area (Å²) in [6.45, 7) is 2.06. The van der Waals surface area contributed by atoms with Crippen molar-refractivity contribution in [1.29, 1.82) is 0 Å². The maximum Gasteiger partial charge on any atom is 0.359 e. The van der Waals surface area contributed by atoms with Crippen LogP contribution in [0, 0.1) is 0 Å². The third-order valence-corrected chi connectivity index (χ3v) is 2.22. The van der Waals surface area contributed by atoms with E-state index >= 15 is 0 Å². The molecule has 0 bridgehead atoms. The molecule has 0 spiro atoms. The molecule has 0 aliphatic rings. The molecule has 0 aliphatic carbocycles. The standard InChI is InChI=1S/C12H12N2O2/c1-2-16-12(15)11-9(13)7-8-5-3-4-6-10(8)14-11/h3-7H,2,13H2,1H3. The third-order valence-electron chi connectivity index (χ3n) is 2.22. The largest absolute Gasteiger partial charge is 0.461 e. The van der Waals surface area contributed by atoms with Crippen LogP contribution in [0.15, 0.2) is 30.3 Å². The smallest absolute Gasteiger partial charge is 0.359 e. The molecule has 0 amide bonds. The molecule has 0 unspecified atom stereocenters. The molecule has 0 atom stereocenters. The minimum Gasteiger partial charge on any atom is -0.461 e. The highest BCUT2D eigenvalue weighted by atomic mass is 16.5. The molecule has 4 nitrogen and oxygen atoms in total. The third kappa shape index (κ3) is 1.82. The van der Waals surface area contributed by atoms with Gasteiger partial charge in [0.25, 0.3) is 0 Å². The number of carbonyl (C=O) groups excluding carboxylic acids is 1. The van der Waals surface area contributed by atoms with Crippen molar-refractivity contribution in [3.05, 3.63) is 36.0 Å². The maximum absolute atomic E-state index is 11.5. The van der Waals surface area contributed by atoms with Gasteiger partial charge in [-0.05, 0) is 19.1 Å². The van der Waals surface area contributed by atoms with E-state index in [2.05, 4.69) is 4.98 Å². The van der Waals surface area contributed by atoms with Gasteiger partial charge in [0, 0.05) is 5.39 Å². The normalized spacial score (nSPS) is 10.3. The van der Waals surface area contributed by atoms with E-state index in [0.717, 1.165) is 10.9 Å². The first-order valence-corrected chi connectivity index (χ1v) is 5.04. The van der Waals surface area contributed by atoms with Crippen molar-refractivity contribution >= 4 is 22.6 Å². The van der Waals surface area contributed by atoms with Gasteiger partial charge in [0.15, 0.2) is 5.69 Å². The van der Waals surface area contributed by atoms with Crippen LogP contribution >= 0.6 is 0 Å². The van der Waals surface area contributed by atoms with E-state index in [1.807, 2.05) is 24.3 Å². The average molecular weight is 216 g/mol. The number of carbonyl (C=O) groups is 1. The number of nitrogens with two attached hydrogens (primary N) is 1. The highest BCUT2D eigenvalue weighted by Crippen LogP contribution is 2.18. The van der Waals surface area contributed by atoms with E-state index in [9.17, 15) is 4.79 Å². The first-order valence-electron chi connectivity index (χ1n) is 5.04. The number of esters is 1. The Morgan fingerprint density at radius 1 is 1.44 bits per heavy atom. The van der Waals surface area contributed by atoms with Crippen molar-refractivity contribution in [3.8, 4) is 0 Å². The van der Waals surface area contributed by atoms with Crippen LogP contribution in [0.5, 0.6) is 0 Å². The number of anilines is 1. The molecule has 2 N–H and O–H groups in total. The number of benzene rings is 1. The number of para-hydroxylation sites is 1. The molecule has 4 heteroatoms. The zero-order valence-electron chi connectivity index (χ0n) is 8.93. The molecule has 0 saturated carbocycles. The van der Waals surface area contributed by atoms with Crippen LogP contribution < -0.4 is 5.73 Å². The summed E-state index contributed by atoms with van der Waals surface area (Å²) < 4.78 is 4.88. The fraction of sp³-hybridized carbons (Fsp3) is 0.167. The molecule has 2 aromatic rings. The number of nitrogen functional groups attached to an aromatic ring is 1. The number of hydrogen-bond acceptors (Lipinski definition) is 4. The van der Waals surface area contributed by atoms with Crippen molar-refractivity contribution in [2.45, 2.75) is 6.92 Å². The SMILES string of the molecule is CCOC(=O)c1nc2ccccc2cc1N. The van der Waals surface area contributed by atoms with Crippen LogP contribution in [-0.4, -0.2) is 17.6 Å². The van der Waals surface area contributed by atoms with Gasteiger partial charge in [0.2, 0.25) is 0 Å². The topological polar surface area (TPSA) is 65.2 Å². The minimum absolute atomic E-state index is 0.181. The number of rotatable bonds is 2. The van der Waals surface area contributed by atoms with Crippen molar-refractivity contribution in [3.63, 3.8) is 0 Å². The molecule has 1 aromatic carbocycles. The van der Waals surface area contributed by atoms with Gasteiger partial charge in [-0.1, -0.05) is 18.2 Å². The van der Waals surface area contributed by atoms with Crippen LogP contribution in [0.2, 0.25) is 0 Å². The number of hydrogen-bond donors (Lipinski definition) is 1. The summed E-state index contributed by atoms with van der Waals surface area (Å²) in [6.07, 6.45) is 0. The highest BCUT2D eigenvalue weighted by Gasteiger charge is 2.13. The van der Waals surface area contributed by atoms with Gasteiger partial charge in [-0.15, -0.1) is 0 Å². The van der Waals surface area contributed by atoms with Gasteiger partial charge in [-0.2, -0.15) is 0 Å². The molecular formula is C12H12N2O2. The van der Waals surface area contributed by atoms with Crippen LogP contribution in [0.4, 0.5) is 5.69 Å². The number of nitrogens with zero attached hydrogens (tertiary/aromatic N) is 1. The summed E-state index contributed by atoms with van der Waals surface area (Å²) in [5.41, 5.74) is 7.02. The van der Waals surface area contributed by atoms with Crippen molar-refractivity contribution in [2.24, 2.45) is 0 Å². The van der Waals surface area contributed by atoms with E-state index in [0.29, 0.717) is 12.3 Å². The Morgan fingerprint density at radius 2 is 2.19 bits per heavy atom. The lowest BCUT2D eigenvalue weighted by molar-refractivity contribution is 0.0521. The number of aromatic nitrogens is 1. The molecule has 16 heavy (non-hydrogen) atoms. The lowest BCUT2D eigenvalue weighted by Gasteiger charge is -2.05. The second-order valence-corrected chi connectivity index (χ2v) is 3.34. The summed E-state index contributed by atoms with van der Waals surface area (Å²) >= 11 is 0. The molecule has 2 rings (SSSR count). The lowest BCUT2D eigenvalue weighted by Crippen LogP contribution is -2.10. The van der Waals surface area contributed by atoms with E-state index < -0.39 is 5.97 Å². The lowest BCUT2D eigenvalue weighted by atomic mass is 10.2. The number of ether oxygens (including phenoxy) is 1. The van der Waals surface area contributed by atoms with Gasteiger partial charge < -0.3 is 10.5 Å². The fourth-order valence-electron chi connectivity index (χ4n) is 1.50. The van der Waals surface area contributed by atoms with Crippen LogP contribution in [-0.2, 0) is 4.74 Å². The quantitative estimate of drug-likeness (QED) is 0.780. The summed E-state index contributed by atoms with van der Waals surface area (Å²) in [6, 6.07) is 9.22. The molecule has 1 aromatic heterocycles. The number of pyridine rings is 1. The zero-order chi connectivity index (χ0) is 11.5. The van der Waals surface area contributed by atoms with E-state index in [-0.39, 0.29) is 5.69 Å². The Morgan fingerprint density at radius 3 is 2.94 bits per heavy atom. The predicted molar refractivity (Wildman–Crippen MR) is 62.1 cm³/mol. The highest BCUT2D eigenvalue weighted by molar-refractivity contribution is 5.97. The Hall–Kier alpha value is -2.10. The van der Waals surface area contributed by atoms with Crippen LogP contribution in [0.1, 0.15) is 17.4 Å². The molecule has 0 aliphatic heterocycles. The van der Waals surface area contributed by atoms with Gasteiger partial charge in [0.1, 0.15) is 0 Å². The fourth-order valence-corrected chi connectivity index (χ4v) is 1.50. The van der Waals surface area contributed by atoms with E-state index in [4.69, 9.17) is 10.5 Å². The molecular weight excluding hydrogens is 204 g/mol. The molecule has 0 fully saturated rings. The maximum atomic E-state index is 11.5. The van der Waals surface area contributed by atoms with Gasteiger partial charge in [0.05, 0.1) is 17.8 Å². The monoisotopic (exact) mass is 216 g/mol. The van der Waals surface area contributed by atoms with Crippen LogP contribution in [0.3, 0.4) is 0 Å². The molecule has 82 valence electrons. The van der Waals surface area contributed by atoms with E-state index in [1.165, 1.54) is 0 Å². The zero-order valence-corrected chi connectivity index (χ0v) is 8.93. The van der Waals surface area contributed by atoms with Gasteiger partial charge >= 0.3 is 5.97 Å². The van der Waals surface area contributed by atoms with Gasteiger partial charge in [-0.3, -0.25) is 0 Å². The Bertz CT molecular complexity index is 538. The Balaban J connectivity index is 2.54. The average Bonchev–Trinajstić information content (AvgIpc) is 2.28. The second-order valence-electron chi connectivity index (χ2n) is 3.34. The summed E-state index contributed by atoms with van der Waals surface area (Å²) in [7, 11) is 0. The molecule has 0 radical (unpaired) electrons. The Kier molecular flexibility index (Phi) is 2.72. The molecule has 0 saturated heterocycles. The first-order chi connectivity index (χ1) is 7.72. The van der Waals surface area contributed by atoms with E-state index in [1.54, 1.807) is 13.0 Å². The summed E-state index contributed by atoms with van der Waals surface area (Å²) in [5.74, 6) is -0.481. The van der Waals surface area contributed by atoms with Gasteiger partial charge in [-0.25, -0.2) is 9.78 Å². The predicted octanol–water partition coefficient (Wildman–Crippen LogP) is 1.99. The van der Waals surface area contributed by atoms with Crippen molar-refractivity contribution < 1.29 is 9.53 Å². The van der Waals surface area contributed by atoms with Crippen molar-refractivity contribution in [1.82, 2.24) is 4.98 Å². The first kappa shape index (κ1) is 10.4. The number of fused-ring (bicyclic) bond motifs is 1.